The van der Waals surface area contributed by atoms with Gasteiger partial charge in [0.2, 0.25) is 5.60 Å². The number of hydrogen-bond donors (Lipinski definition) is 1. The van der Waals surface area contributed by atoms with E-state index in [0.29, 0.717) is 6.61 Å². The minimum absolute atomic E-state index is 0.0160. The van der Waals surface area contributed by atoms with E-state index in [0.717, 1.165) is 0 Å². The lowest BCUT2D eigenvalue weighted by Crippen LogP contribution is -2.54. The lowest BCUT2D eigenvalue weighted by molar-refractivity contribution is -0.181. The van der Waals surface area contributed by atoms with Gasteiger partial charge in [0.05, 0.1) is 6.61 Å². The Labute approximate surface area is 110 Å². The molecule has 1 N–H and O–H groups in total. The van der Waals surface area contributed by atoms with Gasteiger partial charge in [0.1, 0.15) is 0 Å². The summed E-state index contributed by atoms with van der Waals surface area (Å²) in [5, 5.41) is 9.52. The average Bonchev–Trinajstić information content (AvgIpc) is 2.30. The van der Waals surface area contributed by atoms with Gasteiger partial charge >= 0.3 is 14.4 Å². The second kappa shape index (κ2) is 8.57. The highest BCUT2D eigenvalue weighted by Crippen LogP contribution is 2.33. The van der Waals surface area contributed by atoms with Gasteiger partial charge in [-0.1, -0.05) is 18.4 Å². The summed E-state index contributed by atoms with van der Waals surface area (Å²) in [6.45, 7) is 7.57. The number of aliphatic hydroxyl groups is 1. The molecular weight excluding hydrogens is 255 g/mol. The molecular formula is C12H24O5P+. The van der Waals surface area contributed by atoms with Crippen molar-refractivity contribution >= 4 is 14.4 Å². The van der Waals surface area contributed by atoms with E-state index < -0.39 is 25.9 Å². The minimum atomic E-state index is -1.31. The fourth-order valence-electron chi connectivity index (χ4n) is 2.09. The van der Waals surface area contributed by atoms with E-state index in [2.05, 4.69) is 0 Å². The van der Waals surface area contributed by atoms with Crippen LogP contribution in [0.4, 0.5) is 0 Å². The van der Waals surface area contributed by atoms with E-state index in [9.17, 15) is 14.5 Å². The molecule has 3 unspecified atom stereocenters. The quantitative estimate of drug-likeness (QED) is 0.513. The second-order valence-corrected chi connectivity index (χ2v) is 5.04. The molecule has 0 aromatic carbocycles. The Morgan fingerprint density at radius 1 is 1.33 bits per heavy atom. The van der Waals surface area contributed by atoms with Crippen molar-refractivity contribution in [3.63, 3.8) is 0 Å². The maximum atomic E-state index is 12.2. The highest BCUT2D eigenvalue weighted by molar-refractivity contribution is 7.23. The molecule has 5 nitrogen and oxygen atoms in total. The number of esters is 1. The molecule has 0 heterocycles. The van der Waals surface area contributed by atoms with Crippen LogP contribution in [0.25, 0.3) is 0 Å². The van der Waals surface area contributed by atoms with Gasteiger partial charge in [-0.2, -0.15) is 0 Å². The van der Waals surface area contributed by atoms with Gasteiger partial charge in [-0.3, -0.25) is 0 Å². The molecule has 0 saturated carbocycles. The minimum Gasteiger partial charge on any atom is -0.464 e. The van der Waals surface area contributed by atoms with Gasteiger partial charge in [-0.05, 0) is 19.8 Å². The molecule has 0 amide bonds. The van der Waals surface area contributed by atoms with Crippen molar-refractivity contribution < 1.29 is 23.9 Å². The van der Waals surface area contributed by atoms with Crippen LogP contribution >= 0.6 is 8.46 Å². The SMILES string of the molecule is CCOC(=O)C(C[PH+]=O)(OCC)C(CO)C(C)C. The first kappa shape index (κ1) is 17.5. The molecule has 0 aliphatic heterocycles. The first-order chi connectivity index (χ1) is 8.49. The molecule has 0 aromatic rings. The molecule has 6 heteroatoms. The van der Waals surface area contributed by atoms with Gasteiger partial charge in [0, 0.05) is 19.1 Å². The van der Waals surface area contributed by atoms with E-state index in [1.54, 1.807) is 13.8 Å². The maximum absolute atomic E-state index is 12.2. The number of ether oxygens (including phenoxy) is 2. The van der Waals surface area contributed by atoms with Gasteiger partial charge in [-0.25, -0.2) is 4.79 Å². The van der Waals surface area contributed by atoms with Crippen LogP contribution in [-0.4, -0.2) is 42.7 Å². The molecule has 0 rings (SSSR count). The average molecular weight is 279 g/mol. The van der Waals surface area contributed by atoms with Gasteiger partial charge < -0.3 is 14.6 Å². The van der Waals surface area contributed by atoms with Crippen molar-refractivity contribution in [2.75, 3.05) is 26.0 Å². The molecule has 0 aliphatic rings. The fraction of sp³-hybridized carbons (Fsp3) is 0.917. The molecule has 0 bridgehead atoms. The van der Waals surface area contributed by atoms with Crippen LogP contribution in [0.15, 0.2) is 0 Å². The number of rotatable bonds is 9. The molecule has 0 spiro atoms. The summed E-state index contributed by atoms with van der Waals surface area (Å²) in [7, 11) is -0.682. The highest BCUT2D eigenvalue weighted by Gasteiger charge is 2.52. The molecule has 0 aliphatic carbocycles. The Morgan fingerprint density at radius 3 is 2.28 bits per heavy atom. The summed E-state index contributed by atoms with van der Waals surface area (Å²) in [5.41, 5.74) is -1.31. The standard InChI is InChI=1S/C12H23O5P/c1-5-16-11(14)12(8-18-15,17-6-2)10(7-13)9(3)4/h9-10,13H,5-8H2,1-4H3/p+1. The monoisotopic (exact) mass is 279 g/mol. The van der Waals surface area contributed by atoms with Crippen LogP contribution in [-0.2, 0) is 18.8 Å². The zero-order chi connectivity index (χ0) is 14.2. The summed E-state index contributed by atoms with van der Waals surface area (Å²) >= 11 is 0. The third-order valence-electron chi connectivity index (χ3n) is 2.96. The van der Waals surface area contributed by atoms with Crippen LogP contribution in [0, 0.1) is 11.8 Å². The van der Waals surface area contributed by atoms with Crippen LogP contribution in [0.1, 0.15) is 27.7 Å². The number of hydrogen-bond acceptors (Lipinski definition) is 5. The Kier molecular flexibility index (Phi) is 8.32. The summed E-state index contributed by atoms with van der Waals surface area (Å²) in [6.07, 6.45) is 0.0447. The first-order valence-corrected chi connectivity index (χ1v) is 7.38. The predicted molar refractivity (Wildman–Crippen MR) is 70.3 cm³/mol. The maximum Gasteiger partial charge on any atom is 0.343 e. The molecule has 18 heavy (non-hydrogen) atoms. The lowest BCUT2D eigenvalue weighted by Gasteiger charge is -2.36. The highest BCUT2D eigenvalue weighted by atomic mass is 31.1. The molecule has 3 atom stereocenters. The predicted octanol–water partition coefficient (Wildman–Crippen LogP) is 1.61. The fourth-order valence-corrected chi connectivity index (χ4v) is 2.81. The molecule has 0 fully saturated rings. The summed E-state index contributed by atoms with van der Waals surface area (Å²) < 4.78 is 21.6. The molecule has 0 saturated heterocycles. The smallest absolute Gasteiger partial charge is 0.343 e. The lowest BCUT2D eigenvalue weighted by atomic mass is 9.81. The summed E-state index contributed by atoms with van der Waals surface area (Å²) in [5.74, 6) is -0.955. The van der Waals surface area contributed by atoms with E-state index >= 15 is 0 Å². The van der Waals surface area contributed by atoms with Gasteiger partial charge in [0.25, 0.3) is 0 Å². The van der Waals surface area contributed by atoms with Crippen molar-refractivity contribution in [3.8, 4) is 0 Å². The van der Waals surface area contributed by atoms with Gasteiger partial charge in [0.15, 0.2) is 6.16 Å². The first-order valence-electron chi connectivity index (χ1n) is 6.27. The Bertz CT molecular complexity index is 269. The van der Waals surface area contributed by atoms with E-state index in [1.807, 2.05) is 13.8 Å². The Hall–Kier alpha value is -0.510. The number of carbonyl (C=O) groups excluding carboxylic acids is 1. The van der Waals surface area contributed by atoms with Crippen molar-refractivity contribution in [1.82, 2.24) is 0 Å². The van der Waals surface area contributed by atoms with Crippen molar-refractivity contribution in [1.29, 1.82) is 0 Å². The number of carbonyl (C=O) groups is 1. The number of aliphatic hydroxyl groups excluding tert-OH is 1. The van der Waals surface area contributed by atoms with E-state index in [1.165, 1.54) is 0 Å². The molecule has 0 aromatic heterocycles. The van der Waals surface area contributed by atoms with E-state index in [-0.39, 0.29) is 25.3 Å². The Morgan fingerprint density at radius 2 is 1.94 bits per heavy atom. The van der Waals surface area contributed by atoms with Crippen LogP contribution in [0.3, 0.4) is 0 Å². The third-order valence-corrected chi connectivity index (χ3v) is 3.63. The molecule has 106 valence electrons. The zero-order valence-corrected chi connectivity index (χ0v) is 12.6. The Balaban J connectivity index is 5.42. The summed E-state index contributed by atoms with van der Waals surface area (Å²) in [4.78, 5) is 12.2. The normalized spacial score (nSPS) is 16.6. The van der Waals surface area contributed by atoms with E-state index in [4.69, 9.17) is 9.47 Å². The topological polar surface area (TPSA) is 72.8 Å². The van der Waals surface area contributed by atoms with Crippen LogP contribution in [0.2, 0.25) is 0 Å². The zero-order valence-electron chi connectivity index (χ0n) is 11.6. The van der Waals surface area contributed by atoms with Crippen LogP contribution in [0.5, 0.6) is 0 Å². The van der Waals surface area contributed by atoms with Crippen molar-refractivity contribution in [2.24, 2.45) is 11.8 Å². The van der Waals surface area contributed by atoms with Crippen molar-refractivity contribution in [3.05, 3.63) is 0 Å². The summed E-state index contributed by atoms with van der Waals surface area (Å²) in [6, 6.07) is 0. The molecule has 0 radical (unpaired) electrons. The largest absolute Gasteiger partial charge is 0.464 e. The van der Waals surface area contributed by atoms with Crippen molar-refractivity contribution in [2.45, 2.75) is 33.3 Å². The van der Waals surface area contributed by atoms with Gasteiger partial charge in [-0.15, -0.1) is 0 Å². The second-order valence-electron chi connectivity index (χ2n) is 4.40. The van der Waals surface area contributed by atoms with Crippen LogP contribution < -0.4 is 0 Å². The third kappa shape index (κ3) is 4.01.